The highest BCUT2D eigenvalue weighted by atomic mass is 32.1. The summed E-state index contributed by atoms with van der Waals surface area (Å²) < 4.78 is 4.59. The van der Waals surface area contributed by atoms with Gasteiger partial charge in [0, 0.05) is 15.6 Å². The first-order valence-corrected chi connectivity index (χ1v) is 9.06. The molecule has 0 unspecified atom stereocenters. The second kappa shape index (κ2) is 5.39. The van der Waals surface area contributed by atoms with E-state index in [1.54, 1.807) is 22.7 Å². The highest BCUT2D eigenvalue weighted by molar-refractivity contribution is 7.28. The number of hydrogen-bond donors (Lipinski definition) is 0. The summed E-state index contributed by atoms with van der Waals surface area (Å²) in [6.07, 6.45) is 9.10. The number of hydrogen-bond acceptors (Lipinski definition) is 4. The Bertz CT molecular complexity index is 749. The third-order valence-electron chi connectivity index (χ3n) is 4.21. The van der Waals surface area contributed by atoms with Crippen LogP contribution in [-0.4, -0.2) is 16.1 Å². The Kier molecular flexibility index (Phi) is 3.39. The average molecular weight is 316 g/mol. The van der Waals surface area contributed by atoms with Crippen molar-refractivity contribution in [3.8, 4) is 10.6 Å². The van der Waals surface area contributed by atoms with Crippen molar-refractivity contribution in [2.75, 3.05) is 0 Å². The molecule has 1 aliphatic carbocycles. The molecule has 0 saturated heterocycles. The average Bonchev–Trinajstić information content (AvgIpc) is 3.21. The summed E-state index contributed by atoms with van der Waals surface area (Å²) in [5.74, 6) is 0. The van der Waals surface area contributed by atoms with Gasteiger partial charge < -0.3 is 0 Å². The number of fused-ring (bicyclic) bond motifs is 1. The zero-order chi connectivity index (χ0) is 14.2. The minimum absolute atomic E-state index is 0.465. The van der Waals surface area contributed by atoms with Crippen LogP contribution in [0.1, 0.15) is 48.5 Å². The second-order valence-corrected chi connectivity index (χ2v) is 7.61. The molecule has 0 atom stereocenters. The minimum atomic E-state index is 0.465. The van der Waals surface area contributed by atoms with Crippen LogP contribution in [0.5, 0.6) is 0 Å². The number of carbonyl (C=O) groups is 1. The molecule has 21 heavy (non-hydrogen) atoms. The smallest absolute Gasteiger partial charge is 0.153 e. The molecule has 5 heteroatoms. The van der Waals surface area contributed by atoms with Gasteiger partial charge in [-0.3, -0.25) is 9.48 Å². The molecule has 1 saturated carbocycles. The number of carbonyl (C=O) groups excluding carboxylic acids is 1. The predicted molar refractivity (Wildman–Crippen MR) is 88.4 cm³/mol. The number of nitrogens with zero attached hydrogens (tertiary/aromatic N) is 2. The van der Waals surface area contributed by atoms with E-state index in [-0.39, 0.29) is 0 Å². The molecule has 3 nitrogen and oxygen atoms in total. The quantitative estimate of drug-likeness (QED) is 0.627. The summed E-state index contributed by atoms with van der Waals surface area (Å²) in [7, 11) is 0. The van der Waals surface area contributed by atoms with Crippen LogP contribution in [0.4, 0.5) is 0 Å². The third-order valence-corrected chi connectivity index (χ3v) is 6.31. The fourth-order valence-corrected chi connectivity index (χ4v) is 5.21. The van der Waals surface area contributed by atoms with Gasteiger partial charge in [0.1, 0.15) is 5.69 Å². The molecule has 1 fully saturated rings. The van der Waals surface area contributed by atoms with Gasteiger partial charge in [0.2, 0.25) is 0 Å². The normalized spacial score (nSPS) is 16.6. The maximum absolute atomic E-state index is 11.4. The Balaban J connectivity index is 1.75. The van der Waals surface area contributed by atoms with Gasteiger partial charge in [0.05, 0.1) is 16.5 Å². The minimum Gasteiger partial charge on any atom is -0.298 e. The van der Waals surface area contributed by atoms with Crippen molar-refractivity contribution in [1.29, 1.82) is 0 Å². The van der Waals surface area contributed by atoms with Crippen molar-refractivity contribution in [3.63, 3.8) is 0 Å². The van der Waals surface area contributed by atoms with Gasteiger partial charge in [0.25, 0.3) is 0 Å². The van der Waals surface area contributed by atoms with Crippen LogP contribution in [0.25, 0.3) is 20.0 Å². The second-order valence-electron chi connectivity index (χ2n) is 5.58. The van der Waals surface area contributed by atoms with Crippen molar-refractivity contribution >= 4 is 38.4 Å². The van der Waals surface area contributed by atoms with E-state index in [9.17, 15) is 4.79 Å². The first-order chi connectivity index (χ1) is 10.3. The summed E-state index contributed by atoms with van der Waals surface area (Å²) in [6, 6.07) is 4.75. The zero-order valence-electron chi connectivity index (χ0n) is 11.6. The molecule has 0 radical (unpaired) electrons. The van der Waals surface area contributed by atoms with Crippen molar-refractivity contribution in [1.82, 2.24) is 9.78 Å². The molecule has 3 heterocycles. The van der Waals surface area contributed by atoms with E-state index in [0.29, 0.717) is 6.04 Å². The molecule has 0 N–H and O–H groups in total. The topological polar surface area (TPSA) is 34.9 Å². The molecule has 0 amide bonds. The maximum atomic E-state index is 11.4. The molecule has 0 bridgehead atoms. The zero-order valence-corrected chi connectivity index (χ0v) is 13.3. The predicted octanol–water partition coefficient (Wildman–Crippen LogP) is 5.14. The Morgan fingerprint density at radius 3 is 2.86 bits per heavy atom. The van der Waals surface area contributed by atoms with Gasteiger partial charge in [-0.05, 0) is 30.4 Å². The van der Waals surface area contributed by atoms with E-state index in [1.807, 2.05) is 10.9 Å². The Morgan fingerprint density at radius 1 is 1.24 bits per heavy atom. The van der Waals surface area contributed by atoms with Gasteiger partial charge in [0.15, 0.2) is 6.29 Å². The van der Waals surface area contributed by atoms with Gasteiger partial charge in [-0.2, -0.15) is 5.10 Å². The van der Waals surface area contributed by atoms with E-state index < -0.39 is 0 Å². The summed E-state index contributed by atoms with van der Waals surface area (Å²) in [4.78, 5) is 12.5. The van der Waals surface area contributed by atoms with Crippen LogP contribution in [0.3, 0.4) is 0 Å². The number of aromatic nitrogens is 2. The molecule has 0 spiro atoms. The lowest BCUT2D eigenvalue weighted by atomic mass is 9.96. The highest BCUT2D eigenvalue weighted by Crippen LogP contribution is 2.37. The van der Waals surface area contributed by atoms with Crippen LogP contribution < -0.4 is 0 Å². The SMILES string of the molecule is O=Cc1cn(C2CCCCC2)nc1-c1cc2sccc2s1. The monoisotopic (exact) mass is 316 g/mol. The van der Waals surface area contributed by atoms with E-state index in [2.05, 4.69) is 17.5 Å². The van der Waals surface area contributed by atoms with Gasteiger partial charge in [-0.15, -0.1) is 22.7 Å². The first kappa shape index (κ1) is 13.2. The summed E-state index contributed by atoms with van der Waals surface area (Å²) >= 11 is 3.46. The maximum Gasteiger partial charge on any atom is 0.153 e. The lowest BCUT2D eigenvalue weighted by Crippen LogP contribution is -2.13. The fourth-order valence-electron chi connectivity index (χ4n) is 3.10. The van der Waals surface area contributed by atoms with Crippen LogP contribution in [0, 0.1) is 0 Å². The molecule has 0 aliphatic heterocycles. The Labute approximate surface area is 131 Å². The van der Waals surface area contributed by atoms with Gasteiger partial charge >= 0.3 is 0 Å². The fraction of sp³-hybridized carbons (Fsp3) is 0.375. The van der Waals surface area contributed by atoms with Crippen LogP contribution in [0.2, 0.25) is 0 Å². The molecule has 3 aromatic heterocycles. The Hall–Kier alpha value is -1.46. The van der Waals surface area contributed by atoms with E-state index in [1.165, 1.54) is 41.5 Å². The molecule has 4 rings (SSSR count). The van der Waals surface area contributed by atoms with Crippen molar-refractivity contribution in [2.24, 2.45) is 0 Å². The van der Waals surface area contributed by atoms with Crippen LogP contribution >= 0.6 is 22.7 Å². The lowest BCUT2D eigenvalue weighted by Gasteiger charge is -2.21. The molecular weight excluding hydrogens is 300 g/mol. The lowest BCUT2D eigenvalue weighted by molar-refractivity contribution is 0.112. The van der Waals surface area contributed by atoms with E-state index in [4.69, 9.17) is 5.10 Å². The van der Waals surface area contributed by atoms with Gasteiger partial charge in [-0.1, -0.05) is 19.3 Å². The summed E-state index contributed by atoms with van der Waals surface area (Å²) in [6.45, 7) is 0. The highest BCUT2D eigenvalue weighted by Gasteiger charge is 2.20. The standard InChI is InChI=1S/C16H16N2OS2/c19-10-11-9-18(12-4-2-1-3-5-12)17-16(11)15-8-14-13(21-15)6-7-20-14/h6-10,12H,1-5H2. The van der Waals surface area contributed by atoms with Gasteiger partial charge in [-0.25, -0.2) is 0 Å². The molecule has 3 aromatic rings. The van der Waals surface area contributed by atoms with Crippen LogP contribution in [0.15, 0.2) is 23.7 Å². The summed E-state index contributed by atoms with van der Waals surface area (Å²) in [5, 5.41) is 6.85. The first-order valence-electron chi connectivity index (χ1n) is 7.37. The Morgan fingerprint density at radius 2 is 2.10 bits per heavy atom. The molecular formula is C16H16N2OS2. The number of rotatable bonds is 3. The van der Waals surface area contributed by atoms with Crippen molar-refractivity contribution in [2.45, 2.75) is 38.1 Å². The van der Waals surface area contributed by atoms with E-state index >= 15 is 0 Å². The number of aldehydes is 1. The number of thiophene rings is 2. The molecule has 1 aliphatic rings. The molecule has 108 valence electrons. The third kappa shape index (κ3) is 2.34. The largest absolute Gasteiger partial charge is 0.298 e. The van der Waals surface area contributed by atoms with Crippen molar-refractivity contribution in [3.05, 3.63) is 29.3 Å². The van der Waals surface area contributed by atoms with Crippen molar-refractivity contribution < 1.29 is 4.79 Å². The summed E-state index contributed by atoms with van der Waals surface area (Å²) in [5.41, 5.74) is 1.57. The van der Waals surface area contributed by atoms with Crippen LogP contribution in [-0.2, 0) is 0 Å². The molecule has 0 aromatic carbocycles. The van der Waals surface area contributed by atoms with E-state index in [0.717, 1.165) is 22.4 Å².